The highest BCUT2D eigenvalue weighted by Crippen LogP contribution is 2.11. The van der Waals surface area contributed by atoms with E-state index in [0.717, 1.165) is 6.21 Å². The summed E-state index contributed by atoms with van der Waals surface area (Å²) in [7, 11) is 1.62. The lowest BCUT2D eigenvalue weighted by Crippen LogP contribution is -2.21. The Kier molecular flexibility index (Phi) is 3.05. The molecular weight excluding hydrogens is 242 g/mol. The first-order valence-electron chi connectivity index (χ1n) is 4.62. The standard InChI is InChI=1S/C9H9N5O2S/c1-14-8(15)6-7(13-9(14)17-2)10-3-5(12-6)4-11-16/h3-4,16H,1-2H3/b11-4+. The van der Waals surface area contributed by atoms with E-state index < -0.39 is 0 Å². The maximum absolute atomic E-state index is 12.0. The molecule has 0 spiro atoms. The van der Waals surface area contributed by atoms with Crippen LogP contribution in [0.1, 0.15) is 5.69 Å². The third kappa shape index (κ3) is 1.98. The van der Waals surface area contributed by atoms with Crippen LogP contribution in [0.5, 0.6) is 0 Å². The van der Waals surface area contributed by atoms with E-state index in [2.05, 4.69) is 20.1 Å². The van der Waals surface area contributed by atoms with Crippen LogP contribution in [0.3, 0.4) is 0 Å². The van der Waals surface area contributed by atoms with Crippen LogP contribution in [0.4, 0.5) is 0 Å². The van der Waals surface area contributed by atoms with Gasteiger partial charge in [0.05, 0.1) is 12.4 Å². The Morgan fingerprint density at radius 1 is 1.53 bits per heavy atom. The average Bonchev–Trinajstić information content (AvgIpc) is 2.34. The monoisotopic (exact) mass is 251 g/mol. The molecule has 0 amide bonds. The van der Waals surface area contributed by atoms with Crippen molar-refractivity contribution in [2.45, 2.75) is 5.16 Å². The molecular formula is C9H9N5O2S. The number of aromatic nitrogens is 4. The van der Waals surface area contributed by atoms with Gasteiger partial charge in [0, 0.05) is 7.05 Å². The smallest absolute Gasteiger partial charge is 0.282 e. The summed E-state index contributed by atoms with van der Waals surface area (Å²) < 4.78 is 1.40. The molecule has 0 fully saturated rings. The van der Waals surface area contributed by atoms with Gasteiger partial charge in [0.25, 0.3) is 5.56 Å². The summed E-state index contributed by atoms with van der Waals surface area (Å²) in [5.74, 6) is 0. The molecule has 0 aromatic carbocycles. The Morgan fingerprint density at radius 3 is 2.94 bits per heavy atom. The Labute approximate surface area is 100 Å². The zero-order valence-electron chi connectivity index (χ0n) is 9.15. The van der Waals surface area contributed by atoms with Gasteiger partial charge in [-0.05, 0) is 6.26 Å². The van der Waals surface area contributed by atoms with Gasteiger partial charge in [0.15, 0.2) is 16.3 Å². The lowest BCUT2D eigenvalue weighted by molar-refractivity contribution is 0.321. The van der Waals surface area contributed by atoms with E-state index in [9.17, 15) is 4.79 Å². The molecule has 0 aliphatic rings. The fraction of sp³-hybridized carbons (Fsp3) is 0.222. The van der Waals surface area contributed by atoms with Crippen LogP contribution < -0.4 is 5.56 Å². The molecule has 0 radical (unpaired) electrons. The highest BCUT2D eigenvalue weighted by molar-refractivity contribution is 7.98. The van der Waals surface area contributed by atoms with Crippen molar-refractivity contribution in [2.24, 2.45) is 12.2 Å². The number of nitrogens with zero attached hydrogens (tertiary/aromatic N) is 5. The third-order valence-electron chi connectivity index (χ3n) is 2.14. The second kappa shape index (κ2) is 4.50. The number of oxime groups is 1. The number of thioether (sulfide) groups is 1. The molecule has 0 atom stereocenters. The Bertz CT molecular complexity index is 652. The molecule has 0 unspecified atom stereocenters. The predicted octanol–water partition coefficient (Wildman–Crippen LogP) is 0.253. The maximum Gasteiger partial charge on any atom is 0.282 e. The van der Waals surface area contributed by atoms with Gasteiger partial charge in [-0.15, -0.1) is 0 Å². The molecule has 0 saturated carbocycles. The van der Waals surface area contributed by atoms with Crippen molar-refractivity contribution in [1.29, 1.82) is 0 Å². The van der Waals surface area contributed by atoms with E-state index in [-0.39, 0.29) is 16.7 Å². The minimum absolute atomic E-state index is 0.155. The van der Waals surface area contributed by atoms with Crippen molar-refractivity contribution >= 4 is 29.1 Å². The first-order valence-corrected chi connectivity index (χ1v) is 5.85. The second-order valence-corrected chi connectivity index (χ2v) is 3.95. The summed E-state index contributed by atoms with van der Waals surface area (Å²) in [4.78, 5) is 24.2. The zero-order chi connectivity index (χ0) is 12.4. The van der Waals surface area contributed by atoms with E-state index in [1.807, 2.05) is 6.26 Å². The number of rotatable bonds is 2. The van der Waals surface area contributed by atoms with Crippen molar-refractivity contribution in [3.8, 4) is 0 Å². The van der Waals surface area contributed by atoms with Gasteiger partial charge in [-0.2, -0.15) is 0 Å². The second-order valence-electron chi connectivity index (χ2n) is 3.17. The Morgan fingerprint density at radius 2 is 2.29 bits per heavy atom. The van der Waals surface area contributed by atoms with Gasteiger partial charge >= 0.3 is 0 Å². The number of hydrogen-bond donors (Lipinski definition) is 1. The first kappa shape index (κ1) is 11.5. The summed E-state index contributed by atoms with van der Waals surface area (Å²) >= 11 is 1.36. The van der Waals surface area contributed by atoms with E-state index in [1.54, 1.807) is 7.05 Å². The van der Waals surface area contributed by atoms with Crippen molar-refractivity contribution in [3.05, 3.63) is 22.2 Å². The lowest BCUT2D eigenvalue weighted by atomic mass is 10.4. The van der Waals surface area contributed by atoms with Crippen molar-refractivity contribution in [3.63, 3.8) is 0 Å². The molecule has 0 aliphatic heterocycles. The Balaban J connectivity index is 2.79. The van der Waals surface area contributed by atoms with Crippen molar-refractivity contribution in [1.82, 2.24) is 19.5 Å². The summed E-state index contributed by atoms with van der Waals surface area (Å²) in [5, 5.41) is 11.8. The molecule has 0 saturated heterocycles. The summed E-state index contributed by atoms with van der Waals surface area (Å²) in [5.41, 5.74) is 0.464. The van der Waals surface area contributed by atoms with Gasteiger partial charge < -0.3 is 5.21 Å². The molecule has 17 heavy (non-hydrogen) atoms. The summed E-state index contributed by atoms with van der Waals surface area (Å²) in [6, 6.07) is 0. The molecule has 7 nitrogen and oxygen atoms in total. The molecule has 0 bridgehead atoms. The van der Waals surface area contributed by atoms with Crippen LogP contribution in [0.15, 0.2) is 21.3 Å². The summed E-state index contributed by atoms with van der Waals surface area (Å²) in [6.45, 7) is 0. The molecule has 8 heteroatoms. The fourth-order valence-corrected chi connectivity index (χ4v) is 1.87. The highest BCUT2D eigenvalue weighted by atomic mass is 32.2. The SMILES string of the molecule is CSc1nc2ncc(/C=N/O)nc2c(=O)n1C. The van der Waals surface area contributed by atoms with Crippen molar-refractivity contribution in [2.75, 3.05) is 6.26 Å². The van der Waals surface area contributed by atoms with Crippen LogP contribution in [0, 0.1) is 0 Å². The molecule has 1 N–H and O–H groups in total. The van der Waals surface area contributed by atoms with Crippen molar-refractivity contribution < 1.29 is 5.21 Å². The van der Waals surface area contributed by atoms with Gasteiger partial charge in [0.1, 0.15) is 5.69 Å². The van der Waals surface area contributed by atoms with E-state index in [4.69, 9.17) is 5.21 Å². The normalized spacial score (nSPS) is 11.4. The first-order chi connectivity index (χ1) is 8.17. The van der Waals surface area contributed by atoms with Gasteiger partial charge in [0.2, 0.25) is 0 Å². The largest absolute Gasteiger partial charge is 0.411 e. The molecule has 2 rings (SSSR count). The van der Waals surface area contributed by atoms with Crippen LogP contribution in [-0.2, 0) is 7.05 Å². The van der Waals surface area contributed by atoms with Gasteiger partial charge in [-0.25, -0.2) is 15.0 Å². The summed E-state index contributed by atoms with van der Waals surface area (Å²) in [6.07, 6.45) is 4.32. The third-order valence-corrected chi connectivity index (χ3v) is 2.87. The molecule has 2 heterocycles. The maximum atomic E-state index is 12.0. The van der Waals surface area contributed by atoms with Gasteiger partial charge in [-0.1, -0.05) is 16.9 Å². The minimum Gasteiger partial charge on any atom is -0.411 e. The van der Waals surface area contributed by atoms with Gasteiger partial charge in [-0.3, -0.25) is 9.36 Å². The number of fused-ring (bicyclic) bond motifs is 1. The quantitative estimate of drug-likeness (QED) is 0.270. The zero-order valence-corrected chi connectivity index (χ0v) is 9.97. The molecule has 0 aliphatic carbocycles. The topological polar surface area (TPSA) is 93.3 Å². The molecule has 88 valence electrons. The van der Waals surface area contributed by atoms with Crippen LogP contribution in [0.2, 0.25) is 0 Å². The van der Waals surface area contributed by atoms with Crippen LogP contribution in [0.25, 0.3) is 11.2 Å². The van der Waals surface area contributed by atoms with E-state index >= 15 is 0 Å². The van der Waals surface area contributed by atoms with E-state index in [0.29, 0.717) is 10.9 Å². The number of hydrogen-bond acceptors (Lipinski definition) is 7. The van der Waals surface area contributed by atoms with Crippen LogP contribution in [-0.4, -0.2) is 37.2 Å². The lowest BCUT2D eigenvalue weighted by Gasteiger charge is -2.05. The predicted molar refractivity (Wildman–Crippen MR) is 63.7 cm³/mol. The highest BCUT2D eigenvalue weighted by Gasteiger charge is 2.10. The molecule has 2 aromatic heterocycles. The Hall–Kier alpha value is -1.96. The van der Waals surface area contributed by atoms with Crippen LogP contribution >= 0.6 is 11.8 Å². The fourth-order valence-electron chi connectivity index (χ4n) is 1.34. The average molecular weight is 251 g/mol. The van der Waals surface area contributed by atoms with E-state index in [1.165, 1.54) is 22.5 Å². The molecule has 2 aromatic rings. The minimum atomic E-state index is -0.278.